The van der Waals surface area contributed by atoms with Crippen LogP contribution in [0.2, 0.25) is 5.15 Å². The largest absolute Gasteiger partial charge is 0.378 e. The predicted octanol–water partition coefficient (Wildman–Crippen LogP) is 3.71. The Morgan fingerprint density at radius 3 is 2.83 bits per heavy atom. The highest BCUT2D eigenvalue weighted by atomic mass is 127. The van der Waals surface area contributed by atoms with Crippen LogP contribution in [-0.2, 0) is 11.3 Å². The Kier molecular flexibility index (Phi) is 4.88. The summed E-state index contributed by atoms with van der Waals surface area (Å²) in [7, 11) is 1.62. The molecular formula is C11H8BrClIN3O. The van der Waals surface area contributed by atoms with E-state index in [1.165, 1.54) is 0 Å². The zero-order chi connectivity index (χ0) is 13.1. The molecule has 0 saturated heterocycles. The highest BCUT2D eigenvalue weighted by molar-refractivity contribution is 14.1. The van der Waals surface area contributed by atoms with Crippen LogP contribution in [0.1, 0.15) is 5.69 Å². The van der Waals surface area contributed by atoms with E-state index in [1.54, 1.807) is 19.5 Å². The molecule has 7 heteroatoms. The summed E-state index contributed by atoms with van der Waals surface area (Å²) in [5.41, 5.74) is 1.58. The molecule has 2 rings (SSSR count). The van der Waals surface area contributed by atoms with E-state index in [4.69, 9.17) is 16.3 Å². The fourth-order valence-corrected chi connectivity index (χ4v) is 2.31. The van der Waals surface area contributed by atoms with Gasteiger partial charge in [-0.05, 0) is 44.6 Å². The van der Waals surface area contributed by atoms with Gasteiger partial charge in [-0.2, -0.15) is 0 Å². The van der Waals surface area contributed by atoms with Crippen molar-refractivity contribution in [2.45, 2.75) is 6.61 Å². The van der Waals surface area contributed by atoms with Crippen molar-refractivity contribution in [3.05, 3.63) is 37.3 Å². The number of halogens is 3. The molecule has 0 aliphatic heterocycles. The van der Waals surface area contributed by atoms with Crippen LogP contribution in [0.25, 0.3) is 11.4 Å². The fourth-order valence-electron chi connectivity index (χ4n) is 1.36. The van der Waals surface area contributed by atoms with Gasteiger partial charge in [0.1, 0.15) is 5.15 Å². The number of pyridine rings is 1. The highest BCUT2D eigenvalue weighted by Crippen LogP contribution is 2.25. The molecule has 2 aromatic heterocycles. The first-order chi connectivity index (χ1) is 8.61. The molecule has 4 nitrogen and oxygen atoms in total. The average molecular weight is 440 g/mol. The molecular weight excluding hydrogens is 432 g/mol. The van der Waals surface area contributed by atoms with Crippen LogP contribution >= 0.6 is 50.1 Å². The quantitative estimate of drug-likeness (QED) is 0.540. The maximum Gasteiger partial charge on any atom is 0.162 e. The summed E-state index contributed by atoms with van der Waals surface area (Å²) in [4.78, 5) is 12.8. The highest BCUT2D eigenvalue weighted by Gasteiger charge is 2.12. The second-order valence-electron chi connectivity index (χ2n) is 3.42. The lowest BCUT2D eigenvalue weighted by Crippen LogP contribution is -2.02. The van der Waals surface area contributed by atoms with Crippen LogP contribution in [0, 0.1) is 3.57 Å². The van der Waals surface area contributed by atoms with Crippen molar-refractivity contribution in [1.29, 1.82) is 0 Å². The molecule has 0 amide bonds. The van der Waals surface area contributed by atoms with E-state index < -0.39 is 0 Å². The van der Waals surface area contributed by atoms with Gasteiger partial charge in [0, 0.05) is 29.5 Å². The Bertz CT molecular complexity index is 582. The van der Waals surface area contributed by atoms with E-state index in [-0.39, 0.29) is 0 Å². The lowest BCUT2D eigenvalue weighted by molar-refractivity contribution is 0.181. The zero-order valence-corrected chi connectivity index (χ0v) is 13.8. The Hall–Kier alpha value is -0.310. The standard InChI is InChI=1S/C11H8BrClIN3O/c1-18-5-8-9(14)10(13)17-11(16-8)6-2-7(12)4-15-3-6/h2-4H,5H2,1H3. The van der Waals surface area contributed by atoms with Gasteiger partial charge in [0.15, 0.2) is 5.82 Å². The van der Waals surface area contributed by atoms with Crippen molar-refractivity contribution in [2.75, 3.05) is 7.11 Å². The van der Waals surface area contributed by atoms with Crippen molar-refractivity contribution in [3.63, 3.8) is 0 Å². The maximum absolute atomic E-state index is 6.10. The first-order valence-electron chi connectivity index (χ1n) is 4.93. The molecule has 0 aliphatic carbocycles. The van der Waals surface area contributed by atoms with Crippen molar-refractivity contribution >= 4 is 50.1 Å². The van der Waals surface area contributed by atoms with E-state index >= 15 is 0 Å². The molecule has 18 heavy (non-hydrogen) atoms. The predicted molar refractivity (Wildman–Crippen MR) is 81.4 cm³/mol. The number of nitrogens with zero attached hydrogens (tertiary/aromatic N) is 3. The van der Waals surface area contributed by atoms with E-state index in [9.17, 15) is 0 Å². The number of methoxy groups -OCH3 is 1. The van der Waals surface area contributed by atoms with Gasteiger partial charge in [0.25, 0.3) is 0 Å². The molecule has 0 unspecified atom stereocenters. The summed E-state index contributed by atoms with van der Waals surface area (Å²) in [5, 5.41) is 0.424. The van der Waals surface area contributed by atoms with E-state index in [2.05, 4.69) is 53.5 Å². The lowest BCUT2D eigenvalue weighted by Gasteiger charge is -2.07. The van der Waals surface area contributed by atoms with Gasteiger partial charge < -0.3 is 4.74 Å². The number of hydrogen-bond acceptors (Lipinski definition) is 4. The molecule has 2 heterocycles. The molecule has 0 N–H and O–H groups in total. The van der Waals surface area contributed by atoms with E-state index in [0.717, 1.165) is 19.3 Å². The molecule has 0 aliphatic rings. The SMILES string of the molecule is COCc1nc(-c2cncc(Br)c2)nc(Cl)c1I. The molecule has 0 radical (unpaired) electrons. The van der Waals surface area contributed by atoms with Gasteiger partial charge in [-0.15, -0.1) is 0 Å². The van der Waals surface area contributed by atoms with Crippen LogP contribution < -0.4 is 0 Å². The summed E-state index contributed by atoms with van der Waals surface area (Å²) < 4.78 is 6.78. The van der Waals surface area contributed by atoms with Crippen LogP contribution in [0.3, 0.4) is 0 Å². The third-order valence-electron chi connectivity index (χ3n) is 2.12. The molecule has 0 aromatic carbocycles. The van der Waals surface area contributed by atoms with Gasteiger partial charge in [0.2, 0.25) is 0 Å². The second-order valence-corrected chi connectivity index (χ2v) is 5.78. The molecule has 0 bridgehead atoms. The van der Waals surface area contributed by atoms with Crippen LogP contribution in [0.5, 0.6) is 0 Å². The van der Waals surface area contributed by atoms with Gasteiger partial charge in [-0.3, -0.25) is 4.98 Å². The third kappa shape index (κ3) is 3.17. The summed E-state index contributed by atoms with van der Waals surface area (Å²) in [6, 6.07) is 1.89. The van der Waals surface area contributed by atoms with Gasteiger partial charge in [0.05, 0.1) is 15.9 Å². The van der Waals surface area contributed by atoms with Gasteiger partial charge in [-0.25, -0.2) is 9.97 Å². The first kappa shape index (κ1) is 14.1. The maximum atomic E-state index is 6.10. The summed E-state index contributed by atoms with van der Waals surface area (Å²) in [5.74, 6) is 0.543. The lowest BCUT2D eigenvalue weighted by atomic mass is 10.2. The first-order valence-corrected chi connectivity index (χ1v) is 7.18. The number of aromatic nitrogens is 3. The van der Waals surface area contributed by atoms with Crippen molar-refractivity contribution in [3.8, 4) is 11.4 Å². The van der Waals surface area contributed by atoms with Gasteiger partial charge >= 0.3 is 0 Å². The van der Waals surface area contributed by atoms with Crippen molar-refractivity contribution in [2.24, 2.45) is 0 Å². The molecule has 0 spiro atoms. The summed E-state index contributed by atoms with van der Waals surface area (Å²) >= 11 is 11.6. The van der Waals surface area contributed by atoms with Crippen molar-refractivity contribution in [1.82, 2.24) is 15.0 Å². The average Bonchev–Trinajstić information content (AvgIpc) is 2.35. The monoisotopic (exact) mass is 439 g/mol. The third-order valence-corrected chi connectivity index (χ3v) is 4.28. The van der Waals surface area contributed by atoms with E-state index in [0.29, 0.717) is 17.6 Å². The minimum Gasteiger partial charge on any atom is -0.378 e. The molecule has 0 saturated carbocycles. The molecule has 2 aromatic rings. The Morgan fingerprint density at radius 1 is 1.39 bits per heavy atom. The van der Waals surface area contributed by atoms with E-state index in [1.807, 2.05) is 6.07 Å². The Balaban J connectivity index is 2.51. The van der Waals surface area contributed by atoms with Crippen LogP contribution in [0.4, 0.5) is 0 Å². The molecule has 0 fully saturated rings. The van der Waals surface area contributed by atoms with Gasteiger partial charge in [-0.1, -0.05) is 11.6 Å². The van der Waals surface area contributed by atoms with Crippen molar-refractivity contribution < 1.29 is 4.74 Å². The zero-order valence-electron chi connectivity index (χ0n) is 9.32. The Morgan fingerprint density at radius 2 is 2.17 bits per heavy atom. The number of ether oxygens (including phenoxy) is 1. The fraction of sp³-hybridized carbons (Fsp3) is 0.182. The normalized spacial score (nSPS) is 10.7. The Labute approximate surface area is 131 Å². The molecule has 0 atom stereocenters. The minimum absolute atomic E-state index is 0.398. The minimum atomic E-state index is 0.398. The summed E-state index contributed by atoms with van der Waals surface area (Å²) in [6.45, 7) is 0.398. The number of rotatable bonds is 3. The van der Waals surface area contributed by atoms with Crippen LogP contribution in [0.15, 0.2) is 22.9 Å². The van der Waals surface area contributed by atoms with Crippen LogP contribution in [-0.4, -0.2) is 22.1 Å². The number of hydrogen-bond donors (Lipinski definition) is 0. The molecule has 94 valence electrons. The summed E-state index contributed by atoms with van der Waals surface area (Å²) in [6.07, 6.45) is 3.40. The second kappa shape index (κ2) is 6.23. The topological polar surface area (TPSA) is 47.9 Å². The smallest absolute Gasteiger partial charge is 0.162 e.